The van der Waals surface area contributed by atoms with Crippen LogP contribution in [0.4, 0.5) is 4.39 Å². The van der Waals surface area contributed by atoms with E-state index >= 15 is 0 Å². The number of fused-ring (bicyclic) bond motifs is 1. The van der Waals surface area contributed by atoms with Crippen molar-refractivity contribution in [2.24, 2.45) is 0 Å². The van der Waals surface area contributed by atoms with Crippen LogP contribution < -0.4 is 10.1 Å². The van der Waals surface area contributed by atoms with Crippen molar-refractivity contribution < 1.29 is 13.9 Å². The first-order valence-corrected chi connectivity index (χ1v) is 11.6. The van der Waals surface area contributed by atoms with Crippen molar-refractivity contribution >= 4 is 11.0 Å². The molecule has 0 radical (unpaired) electrons. The molecule has 2 N–H and O–H groups in total. The first-order chi connectivity index (χ1) is 16.7. The molecule has 1 saturated carbocycles. The Morgan fingerprint density at radius 3 is 2.76 bits per heavy atom. The van der Waals surface area contributed by atoms with Crippen LogP contribution in [0, 0.1) is 5.82 Å². The molecule has 3 heterocycles. The molecule has 0 saturated heterocycles. The highest BCUT2D eigenvalue weighted by molar-refractivity contribution is 5.95. The van der Waals surface area contributed by atoms with Crippen molar-refractivity contribution in [2.75, 3.05) is 14.2 Å². The van der Waals surface area contributed by atoms with Gasteiger partial charge in [0.25, 0.3) is 0 Å². The zero-order valence-electron chi connectivity index (χ0n) is 19.4. The largest absolute Gasteiger partial charge is 0.496 e. The Morgan fingerprint density at radius 2 is 1.97 bits per heavy atom. The van der Waals surface area contributed by atoms with Crippen LogP contribution in [0.25, 0.3) is 22.2 Å². The summed E-state index contributed by atoms with van der Waals surface area (Å²) in [5.74, 6) is 0.795. The van der Waals surface area contributed by atoms with Gasteiger partial charge in [-0.1, -0.05) is 5.21 Å². The van der Waals surface area contributed by atoms with Crippen LogP contribution in [0.2, 0.25) is 0 Å². The lowest BCUT2D eigenvalue weighted by Crippen LogP contribution is -2.33. The third kappa shape index (κ3) is 4.53. The number of nitrogens with one attached hydrogen (secondary N) is 2. The van der Waals surface area contributed by atoms with Crippen molar-refractivity contribution in [3.05, 3.63) is 59.9 Å². The summed E-state index contributed by atoms with van der Waals surface area (Å²) in [4.78, 5) is 8.05. The highest BCUT2D eigenvalue weighted by atomic mass is 19.1. The molecule has 0 spiro atoms. The maximum Gasteiger partial charge on any atom is 0.141 e. The van der Waals surface area contributed by atoms with E-state index in [4.69, 9.17) is 9.47 Å². The number of benzene rings is 1. The number of aromatic nitrogens is 5. The third-order valence-electron chi connectivity index (χ3n) is 6.69. The molecule has 34 heavy (non-hydrogen) atoms. The van der Waals surface area contributed by atoms with E-state index in [-0.39, 0.29) is 5.82 Å². The number of H-pyrrole nitrogens is 1. The fraction of sp³-hybridized carbons (Fsp3) is 0.400. The Morgan fingerprint density at radius 1 is 1.12 bits per heavy atom. The van der Waals surface area contributed by atoms with Crippen molar-refractivity contribution in [1.29, 1.82) is 0 Å². The Bertz CT molecular complexity index is 1260. The summed E-state index contributed by atoms with van der Waals surface area (Å²) in [6, 6.07) is 9.15. The average molecular weight is 465 g/mol. The van der Waals surface area contributed by atoms with Crippen molar-refractivity contribution in [1.82, 2.24) is 30.3 Å². The zero-order valence-corrected chi connectivity index (χ0v) is 19.4. The summed E-state index contributed by atoms with van der Waals surface area (Å²) in [6.45, 7) is 1.13. The Balaban J connectivity index is 1.28. The second-order valence-electron chi connectivity index (χ2n) is 8.76. The molecule has 4 aromatic rings. The molecule has 0 atom stereocenters. The lowest BCUT2D eigenvalue weighted by molar-refractivity contribution is 0.115. The number of ether oxygens (including phenoxy) is 2. The van der Waals surface area contributed by atoms with Crippen LogP contribution in [-0.4, -0.2) is 45.2 Å². The van der Waals surface area contributed by atoms with Crippen LogP contribution >= 0.6 is 0 Å². The van der Waals surface area contributed by atoms with Gasteiger partial charge in [-0.25, -0.2) is 14.1 Å². The van der Waals surface area contributed by atoms with Crippen LogP contribution in [0.3, 0.4) is 0 Å². The summed E-state index contributed by atoms with van der Waals surface area (Å²) in [5, 5.41) is 12.7. The van der Waals surface area contributed by atoms with Gasteiger partial charge in [-0.2, -0.15) is 0 Å². The molecule has 0 unspecified atom stereocenters. The van der Waals surface area contributed by atoms with Crippen LogP contribution in [0.15, 0.2) is 42.7 Å². The number of aromatic amines is 1. The fourth-order valence-corrected chi connectivity index (χ4v) is 4.90. The molecule has 3 aromatic heterocycles. The molecule has 5 rings (SSSR count). The van der Waals surface area contributed by atoms with E-state index in [1.165, 1.54) is 17.8 Å². The number of hydrogen-bond donors (Lipinski definition) is 2. The standard InChI is InChI=1S/C25H29FN6O2/c1-33-15-32-19(14-29-31-32)13-28-18-6-3-16(4-7-18)23-12-22-20(9-10-27-25(22)30-23)21-11-17(26)5-8-24(21)34-2/h5,8-12,14,16,18,28H,3-4,6-7,13,15H2,1-2H3,(H,27,30). The minimum Gasteiger partial charge on any atom is -0.496 e. The predicted molar refractivity (Wildman–Crippen MR) is 127 cm³/mol. The lowest BCUT2D eigenvalue weighted by atomic mass is 9.84. The second-order valence-corrected chi connectivity index (χ2v) is 8.76. The maximum atomic E-state index is 14.0. The van der Waals surface area contributed by atoms with Gasteiger partial charge in [-0.05, 0) is 67.5 Å². The average Bonchev–Trinajstić information content (AvgIpc) is 3.50. The zero-order chi connectivity index (χ0) is 23.5. The smallest absolute Gasteiger partial charge is 0.141 e. The number of hydrogen-bond acceptors (Lipinski definition) is 6. The Labute approximate surface area is 197 Å². The van der Waals surface area contributed by atoms with Gasteiger partial charge in [0.05, 0.1) is 19.0 Å². The van der Waals surface area contributed by atoms with Gasteiger partial charge in [-0.3, -0.25) is 0 Å². The Kier molecular flexibility index (Phi) is 6.55. The number of nitrogens with zero attached hydrogens (tertiary/aromatic N) is 4. The molecular weight excluding hydrogens is 435 g/mol. The van der Waals surface area contributed by atoms with Crippen molar-refractivity contribution in [2.45, 2.75) is 50.9 Å². The van der Waals surface area contributed by atoms with Gasteiger partial charge >= 0.3 is 0 Å². The summed E-state index contributed by atoms with van der Waals surface area (Å²) in [7, 11) is 3.25. The van der Waals surface area contributed by atoms with E-state index in [0.29, 0.717) is 24.4 Å². The number of methoxy groups -OCH3 is 2. The quantitative estimate of drug-likeness (QED) is 0.402. The molecule has 1 fully saturated rings. The van der Waals surface area contributed by atoms with Crippen LogP contribution in [-0.2, 0) is 18.0 Å². The SMILES string of the molecule is COCn1nncc1CNC1CCC(c2cc3c(-c4cc(F)ccc4OC)ccnc3[nH]2)CC1. The molecule has 1 aliphatic rings. The third-order valence-corrected chi connectivity index (χ3v) is 6.69. The van der Waals surface area contributed by atoms with Gasteiger partial charge in [0.2, 0.25) is 0 Å². The highest BCUT2D eigenvalue weighted by Crippen LogP contribution is 2.38. The topological polar surface area (TPSA) is 89.9 Å². The van der Waals surface area contributed by atoms with Gasteiger partial charge < -0.3 is 19.8 Å². The fourth-order valence-electron chi connectivity index (χ4n) is 4.90. The first kappa shape index (κ1) is 22.5. The number of halogens is 1. The molecule has 178 valence electrons. The van der Waals surface area contributed by atoms with Gasteiger partial charge in [-0.15, -0.1) is 5.10 Å². The molecule has 9 heteroatoms. The minimum absolute atomic E-state index is 0.289. The van der Waals surface area contributed by atoms with E-state index in [9.17, 15) is 4.39 Å². The van der Waals surface area contributed by atoms with E-state index in [0.717, 1.165) is 60.1 Å². The molecule has 0 amide bonds. The Hall–Kier alpha value is -3.30. The van der Waals surface area contributed by atoms with E-state index in [1.807, 2.05) is 6.07 Å². The van der Waals surface area contributed by atoms with E-state index in [2.05, 4.69) is 31.7 Å². The predicted octanol–water partition coefficient (Wildman–Crippen LogP) is 4.39. The molecule has 0 bridgehead atoms. The second kappa shape index (κ2) is 9.90. The van der Waals surface area contributed by atoms with Crippen LogP contribution in [0.1, 0.15) is 43.0 Å². The van der Waals surface area contributed by atoms with Gasteiger partial charge in [0.1, 0.15) is 23.9 Å². The first-order valence-electron chi connectivity index (χ1n) is 11.6. The monoisotopic (exact) mass is 464 g/mol. The van der Waals surface area contributed by atoms with Gasteiger partial charge in [0.15, 0.2) is 0 Å². The van der Waals surface area contributed by atoms with E-state index < -0.39 is 0 Å². The summed E-state index contributed by atoms with van der Waals surface area (Å²) < 4.78 is 26.4. The van der Waals surface area contributed by atoms with Crippen molar-refractivity contribution in [3.63, 3.8) is 0 Å². The molecular formula is C25H29FN6O2. The van der Waals surface area contributed by atoms with Crippen LogP contribution in [0.5, 0.6) is 5.75 Å². The minimum atomic E-state index is -0.289. The molecule has 0 aliphatic heterocycles. The summed E-state index contributed by atoms with van der Waals surface area (Å²) in [5.41, 5.74) is 4.67. The highest BCUT2D eigenvalue weighted by Gasteiger charge is 2.24. The van der Waals surface area contributed by atoms with Crippen molar-refractivity contribution in [3.8, 4) is 16.9 Å². The number of rotatable bonds is 8. The molecule has 8 nitrogen and oxygen atoms in total. The summed E-state index contributed by atoms with van der Waals surface area (Å²) >= 11 is 0. The maximum absolute atomic E-state index is 14.0. The molecule has 1 aromatic carbocycles. The lowest BCUT2D eigenvalue weighted by Gasteiger charge is -2.28. The normalized spacial score (nSPS) is 18.4. The number of pyridine rings is 1. The summed E-state index contributed by atoms with van der Waals surface area (Å²) in [6.07, 6.45) is 7.87. The molecule has 1 aliphatic carbocycles. The van der Waals surface area contributed by atoms with E-state index in [1.54, 1.807) is 37.4 Å². The van der Waals surface area contributed by atoms with Gasteiger partial charge in [0, 0.05) is 42.5 Å².